The van der Waals surface area contributed by atoms with E-state index in [2.05, 4.69) is 16.3 Å². The number of hydrogen-bond acceptors (Lipinski definition) is 4. The first-order chi connectivity index (χ1) is 13.2. The smallest absolute Gasteiger partial charge is 0.246 e. The van der Waals surface area contributed by atoms with Crippen LogP contribution in [0.15, 0.2) is 47.4 Å². The number of nitrogens with one attached hydrogen (secondary N) is 1. The fourth-order valence-electron chi connectivity index (χ4n) is 3.33. The highest BCUT2D eigenvalue weighted by Gasteiger charge is 2.27. The van der Waals surface area contributed by atoms with Crippen LogP contribution in [0.2, 0.25) is 5.02 Å². The number of sulfonamides is 1. The molecule has 0 fully saturated rings. The summed E-state index contributed by atoms with van der Waals surface area (Å²) in [5.74, 6) is -0.202. The average molecular weight is 422 g/mol. The Labute approximate surface area is 171 Å². The minimum atomic E-state index is -3.71. The lowest BCUT2D eigenvalue weighted by molar-refractivity contribution is -0.117. The maximum absolute atomic E-state index is 12.9. The van der Waals surface area contributed by atoms with Crippen LogP contribution in [0.1, 0.15) is 18.9 Å². The largest absolute Gasteiger partial charge is 0.360 e. The fourth-order valence-corrected chi connectivity index (χ4v) is 4.72. The van der Waals surface area contributed by atoms with Gasteiger partial charge in [-0.15, -0.1) is 0 Å². The number of fused-ring (bicyclic) bond motifs is 1. The lowest BCUT2D eigenvalue weighted by atomic mass is 10.00. The minimum Gasteiger partial charge on any atom is -0.360 e. The molecule has 0 spiro atoms. The molecule has 1 N–H and O–H groups in total. The van der Waals surface area contributed by atoms with Gasteiger partial charge in [0.1, 0.15) is 10.9 Å². The zero-order valence-electron chi connectivity index (χ0n) is 16.1. The van der Waals surface area contributed by atoms with Crippen LogP contribution in [0.5, 0.6) is 0 Å². The van der Waals surface area contributed by atoms with Gasteiger partial charge in [-0.25, -0.2) is 12.7 Å². The van der Waals surface area contributed by atoms with Gasteiger partial charge in [-0.3, -0.25) is 4.79 Å². The van der Waals surface area contributed by atoms with Crippen molar-refractivity contribution in [2.75, 3.05) is 30.9 Å². The van der Waals surface area contributed by atoms with Crippen molar-refractivity contribution in [3.05, 3.63) is 53.1 Å². The van der Waals surface area contributed by atoms with E-state index in [1.54, 1.807) is 6.07 Å². The maximum atomic E-state index is 12.9. The lowest BCUT2D eigenvalue weighted by Gasteiger charge is -2.35. The second-order valence-corrected chi connectivity index (χ2v) is 9.55. The molecule has 1 unspecified atom stereocenters. The first-order valence-electron chi connectivity index (χ1n) is 9.09. The quantitative estimate of drug-likeness (QED) is 0.803. The molecule has 0 aliphatic carbocycles. The first-order valence-corrected chi connectivity index (χ1v) is 10.9. The monoisotopic (exact) mass is 421 g/mol. The van der Waals surface area contributed by atoms with E-state index in [0.29, 0.717) is 5.69 Å². The number of halogens is 1. The van der Waals surface area contributed by atoms with Crippen molar-refractivity contribution in [1.29, 1.82) is 0 Å². The summed E-state index contributed by atoms with van der Waals surface area (Å²) in [5, 5.41) is 2.94. The third-order valence-corrected chi connectivity index (χ3v) is 7.25. The molecule has 3 rings (SSSR count). The third-order valence-electron chi connectivity index (χ3n) is 4.95. The second-order valence-electron chi connectivity index (χ2n) is 7.02. The highest BCUT2D eigenvalue weighted by molar-refractivity contribution is 7.89. The van der Waals surface area contributed by atoms with E-state index in [4.69, 9.17) is 11.6 Å². The molecular weight excluding hydrogens is 398 g/mol. The summed E-state index contributed by atoms with van der Waals surface area (Å²) in [6, 6.07) is 12.2. The number of nitrogens with zero attached hydrogens (tertiary/aromatic N) is 2. The molecule has 0 bridgehead atoms. The van der Waals surface area contributed by atoms with Gasteiger partial charge in [-0.05, 0) is 49.6 Å². The van der Waals surface area contributed by atoms with Gasteiger partial charge in [0, 0.05) is 32.0 Å². The second kappa shape index (κ2) is 8.11. The number of amides is 1. The number of carbonyl (C=O) groups excluding carboxylic acids is 1. The average Bonchev–Trinajstić information content (AvgIpc) is 2.68. The van der Waals surface area contributed by atoms with Gasteiger partial charge < -0.3 is 10.2 Å². The lowest BCUT2D eigenvalue weighted by Crippen LogP contribution is -2.44. The molecular formula is C20H24ClN3O3S. The molecule has 8 heteroatoms. The summed E-state index contributed by atoms with van der Waals surface area (Å²) in [6.45, 7) is 2.65. The predicted octanol–water partition coefficient (Wildman–Crippen LogP) is 3.37. The molecule has 28 heavy (non-hydrogen) atoms. The molecule has 150 valence electrons. The Morgan fingerprint density at radius 3 is 2.64 bits per heavy atom. The Morgan fingerprint density at radius 2 is 1.93 bits per heavy atom. The van der Waals surface area contributed by atoms with Gasteiger partial charge in [-0.2, -0.15) is 0 Å². The van der Waals surface area contributed by atoms with Gasteiger partial charge in [-0.1, -0.05) is 29.8 Å². The highest BCUT2D eigenvalue weighted by Crippen LogP contribution is 2.30. The molecule has 0 aromatic heterocycles. The van der Waals surface area contributed by atoms with Crippen molar-refractivity contribution >= 4 is 38.9 Å². The van der Waals surface area contributed by atoms with Gasteiger partial charge in [0.15, 0.2) is 0 Å². The number of rotatable bonds is 5. The summed E-state index contributed by atoms with van der Waals surface area (Å²) < 4.78 is 26.0. The highest BCUT2D eigenvalue weighted by atomic mass is 35.5. The fraction of sp³-hybridized carbons (Fsp3) is 0.350. The predicted molar refractivity (Wildman–Crippen MR) is 113 cm³/mol. The van der Waals surface area contributed by atoms with Crippen LogP contribution in [-0.2, 0) is 21.2 Å². The summed E-state index contributed by atoms with van der Waals surface area (Å²) in [6.07, 6.45) is 1.99. The molecule has 1 atom stereocenters. The molecule has 1 aliphatic rings. The maximum Gasteiger partial charge on any atom is 0.246 e. The number of benzene rings is 2. The number of aryl methyl sites for hydroxylation is 1. The minimum absolute atomic E-state index is 0.0343. The molecule has 0 saturated carbocycles. The van der Waals surface area contributed by atoms with E-state index >= 15 is 0 Å². The summed E-state index contributed by atoms with van der Waals surface area (Å²) >= 11 is 6.08. The van der Waals surface area contributed by atoms with Crippen molar-refractivity contribution in [3.8, 4) is 0 Å². The first kappa shape index (κ1) is 20.6. The zero-order valence-corrected chi connectivity index (χ0v) is 17.7. The van der Waals surface area contributed by atoms with Gasteiger partial charge in [0.05, 0.1) is 5.02 Å². The van der Waals surface area contributed by atoms with Crippen molar-refractivity contribution in [2.24, 2.45) is 0 Å². The molecule has 1 amide bonds. The van der Waals surface area contributed by atoms with E-state index in [0.717, 1.165) is 29.4 Å². The third kappa shape index (κ3) is 4.01. The van der Waals surface area contributed by atoms with Crippen LogP contribution in [0.4, 0.5) is 11.4 Å². The number of para-hydroxylation sites is 1. The molecule has 0 radical (unpaired) electrons. The van der Waals surface area contributed by atoms with Gasteiger partial charge >= 0.3 is 0 Å². The Bertz CT molecular complexity index is 992. The standard InChI is InChI=1S/C20H24ClN3O3S/c1-14(24-12-6-8-15-7-4-5-9-18(15)24)20(25)22-16-10-11-17(21)19(13-16)28(26,27)23(2)3/h4-5,7,9-11,13-14H,6,8,12H2,1-3H3,(H,22,25). The van der Waals surface area contributed by atoms with E-state index < -0.39 is 16.1 Å². The summed E-state index contributed by atoms with van der Waals surface area (Å²) in [4.78, 5) is 14.9. The van der Waals surface area contributed by atoms with Gasteiger partial charge in [0.2, 0.25) is 15.9 Å². The summed E-state index contributed by atoms with van der Waals surface area (Å²) in [7, 11) is -0.832. The van der Waals surface area contributed by atoms with E-state index in [1.165, 1.54) is 31.8 Å². The Hall–Kier alpha value is -2.09. The SMILES string of the molecule is CC(C(=O)Nc1ccc(Cl)c(S(=O)(=O)N(C)C)c1)N1CCCc2ccccc21. The number of hydrogen-bond donors (Lipinski definition) is 1. The number of anilines is 2. The molecule has 1 aliphatic heterocycles. The molecule has 2 aromatic carbocycles. The Morgan fingerprint density at radius 1 is 1.21 bits per heavy atom. The molecule has 1 heterocycles. The Kier molecular flexibility index (Phi) is 5.98. The van der Waals surface area contributed by atoms with Crippen molar-refractivity contribution < 1.29 is 13.2 Å². The van der Waals surface area contributed by atoms with E-state index in [1.807, 2.05) is 25.1 Å². The van der Waals surface area contributed by atoms with Crippen molar-refractivity contribution in [2.45, 2.75) is 30.7 Å². The van der Waals surface area contributed by atoms with Crippen LogP contribution in [0.3, 0.4) is 0 Å². The Balaban J connectivity index is 1.82. The van der Waals surface area contributed by atoms with Crippen LogP contribution >= 0.6 is 11.6 Å². The molecule has 6 nitrogen and oxygen atoms in total. The van der Waals surface area contributed by atoms with E-state index in [-0.39, 0.29) is 15.8 Å². The van der Waals surface area contributed by atoms with Crippen molar-refractivity contribution in [1.82, 2.24) is 4.31 Å². The molecule has 0 saturated heterocycles. The molecule has 2 aromatic rings. The van der Waals surface area contributed by atoms with E-state index in [9.17, 15) is 13.2 Å². The topological polar surface area (TPSA) is 69.7 Å². The van der Waals surface area contributed by atoms with Crippen LogP contribution in [0, 0.1) is 0 Å². The van der Waals surface area contributed by atoms with Gasteiger partial charge in [0.25, 0.3) is 0 Å². The normalized spacial score (nSPS) is 15.2. The van der Waals surface area contributed by atoms with Crippen LogP contribution in [0.25, 0.3) is 0 Å². The van der Waals surface area contributed by atoms with Crippen molar-refractivity contribution in [3.63, 3.8) is 0 Å². The number of carbonyl (C=O) groups is 1. The summed E-state index contributed by atoms with van der Waals surface area (Å²) in [5.41, 5.74) is 2.70. The van der Waals surface area contributed by atoms with Crippen LogP contribution in [-0.4, -0.2) is 45.3 Å². The zero-order chi connectivity index (χ0) is 20.5. The van der Waals surface area contributed by atoms with Crippen LogP contribution < -0.4 is 10.2 Å².